The number of halogens is 1. The van der Waals surface area contributed by atoms with E-state index in [1.807, 2.05) is 30.5 Å². The van der Waals surface area contributed by atoms with Crippen LogP contribution in [0.15, 0.2) is 79.0 Å². The van der Waals surface area contributed by atoms with Crippen molar-refractivity contribution in [2.24, 2.45) is 0 Å². The Morgan fingerprint density at radius 2 is 1.67 bits per heavy atom. The molecule has 0 bridgehead atoms. The van der Waals surface area contributed by atoms with Crippen molar-refractivity contribution in [2.75, 3.05) is 45.3 Å². The molecule has 0 spiro atoms. The Kier molecular flexibility index (Phi) is 11.3. The fourth-order valence-electron chi connectivity index (χ4n) is 4.72. The van der Waals surface area contributed by atoms with Crippen LogP contribution >= 0.6 is 0 Å². The molecule has 0 fully saturated rings. The highest BCUT2D eigenvalue weighted by atomic mass is 19.1. The predicted molar refractivity (Wildman–Crippen MR) is 163 cm³/mol. The average Bonchev–Trinajstić information content (AvgIpc) is 3.43. The molecule has 1 aromatic heterocycles. The highest BCUT2D eigenvalue weighted by Gasteiger charge is 2.22. The van der Waals surface area contributed by atoms with E-state index < -0.39 is 12.0 Å². The number of benzene rings is 3. The Balaban J connectivity index is 1.49. The number of hydrogen-bond donors (Lipinski definition) is 2. The average molecular weight is 589 g/mol. The minimum absolute atomic E-state index is 0.161. The molecule has 0 aliphatic rings. The van der Waals surface area contributed by atoms with Gasteiger partial charge in [-0.05, 0) is 73.4 Å². The second-order valence-electron chi connectivity index (χ2n) is 10.0. The summed E-state index contributed by atoms with van der Waals surface area (Å²) in [5, 5.41) is 3.91. The van der Waals surface area contributed by atoms with Crippen LogP contribution in [0.2, 0.25) is 0 Å². The SMILES string of the molecule is CCOC(=O)c1ccc(NC(=O)N(CCCOC)CC(=O)N(CCc2c[nH]c3ccccc23)Cc2ccc(F)cc2)cc1. The lowest BCUT2D eigenvalue weighted by Crippen LogP contribution is -2.45. The zero-order chi connectivity index (χ0) is 30.6. The molecule has 4 aromatic rings. The molecule has 0 aliphatic heterocycles. The molecule has 0 unspecified atom stereocenters. The molecule has 0 aliphatic carbocycles. The van der Waals surface area contributed by atoms with Crippen LogP contribution in [-0.4, -0.2) is 72.6 Å². The number of ether oxygens (including phenoxy) is 2. The molecule has 2 N–H and O–H groups in total. The first-order valence-electron chi connectivity index (χ1n) is 14.3. The maximum atomic E-state index is 13.8. The summed E-state index contributed by atoms with van der Waals surface area (Å²) in [5.74, 6) is -1.04. The summed E-state index contributed by atoms with van der Waals surface area (Å²) in [6, 6.07) is 19.9. The van der Waals surface area contributed by atoms with E-state index in [4.69, 9.17) is 9.47 Å². The number of H-pyrrole nitrogens is 1. The third kappa shape index (κ3) is 8.89. The number of urea groups is 1. The zero-order valence-electron chi connectivity index (χ0n) is 24.5. The first-order valence-corrected chi connectivity index (χ1v) is 14.3. The van der Waals surface area contributed by atoms with Crippen molar-refractivity contribution < 1.29 is 28.2 Å². The van der Waals surface area contributed by atoms with Gasteiger partial charge in [-0.2, -0.15) is 0 Å². The number of para-hydroxylation sites is 1. The molecule has 226 valence electrons. The Labute approximate surface area is 250 Å². The number of methoxy groups -OCH3 is 1. The van der Waals surface area contributed by atoms with Crippen LogP contribution in [-0.2, 0) is 27.2 Å². The Morgan fingerprint density at radius 1 is 0.930 bits per heavy atom. The normalized spacial score (nSPS) is 10.9. The number of amides is 3. The van der Waals surface area contributed by atoms with Gasteiger partial charge in [0.05, 0.1) is 12.2 Å². The lowest BCUT2D eigenvalue weighted by Gasteiger charge is -2.28. The van der Waals surface area contributed by atoms with Crippen LogP contribution < -0.4 is 5.32 Å². The topological polar surface area (TPSA) is 104 Å². The van der Waals surface area contributed by atoms with Crippen molar-refractivity contribution in [3.05, 3.63) is 102 Å². The van der Waals surface area contributed by atoms with Crippen molar-refractivity contribution in [3.8, 4) is 0 Å². The Hall–Kier alpha value is -4.70. The largest absolute Gasteiger partial charge is 0.462 e. The number of carbonyl (C=O) groups excluding carboxylic acids is 3. The van der Waals surface area contributed by atoms with Crippen LogP contribution in [0, 0.1) is 5.82 Å². The highest BCUT2D eigenvalue weighted by molar-refractivity contribution is 5.94. The second-order valence-corrected chi connectivity index (χ2v) is 10.0. The molecule has 0 saturated carbocycles. The van der Waals surface area contributed by atoms with Crippen LogP contribution in [0.1, 0.15) is 34.8 Å². The van der Waals surface area contributed by atoms with E-state index in [1.165, 1.54) is 17.0 Å². The van der Waals surface area contributed by atoms with E-state index in [0.29, 0.717) is 43.8 Å². The standard InChI is InChI=1S/C33H37FN4O5/c1-3-43-32(40)25-11-15-28(16-12-25)36-33(41)38(18-6-20-42-2)23-31(39)37(22-24-9-13-27(34)14-10-24)19-17-26-21-35-30-8-5-4-7-29(26)30/h4-5,7-16,21,35H,3,6,17-20,22-23H2,1-2H3,(H,36,41). The van der Waals surface area contributed by atoms with Crippen LogP contribution in [0.4, 0.5) is 14.9 Å². The zero-order valence-corrected chi connectivity index (χ0v) is 24.5. The lowest BCUT2D eigenvalue weighted by molar-refractivity contribution is -0.132. The molecule has 3 aromatic carbocycles. The van der Waals surface area contributed by atoms with Gasteiger partial charge in [0.25, 0.3) is 0 Å². The third-order valence-electron chi connectivity index (χ3n) is 7.00. The van der Waals surface area contributed by atoms with Crippen LogP contribution in [0.5, 0.6) is 0 Å². The number of carbonyl (C=O) groups is 3. The monoisotopic (exact) mass is 588 g/mol. The summed E-state index contributed by atoms with van der Waals surface area (Å²) in [7, 11) is 1.58. The van der Waals surface area contributed by atoms with E-state index in [0.717, 1.165) is 22.0 Å². The third-order valence-corrected chi connectivity index (χ3v) is 7.00. The van der Waals surface area contributed by atoms with Gasteiger partial charge in [-0.3, -0.25) is 4.79 Å². The first-order chi connectivity index (χ1) is 20.9. The van der Waals surface area contributed by atoms with Gasteiger partial charge in [-0.15, -0.1) is 0 Å². The number of rotatable bonds is 14. The van der Waals surface area contributed by atoms with Crippen molar-refractivity contribution in [1.29, 1.82) is 0 Å². The van der Waals surface area contributed by atoms with Crippen LogP contribution in [0.3, 0.4) is 0 Å². The predicted octanol–water partition coefficient (Wildman–Crippen LogP) is 5.63. The second kappa shape index (κ2) is 15.5. The maximum Gasteiger partial charge on any atom is 0.338 e. The molecular formula is C33H37FN4O5. The summed E-state index contributed by atoms with van der Waals surface area (Å²) >= 11 is 0. The van der Waals surface area contributed by atoms with Gasteiger partial charge < -0.3 is 29.6 Å². The van der Waals surface area contributed by atoms with E-state index in [1.54, 1.807) is 55.3 Å². The Morgan fingerprint density at radius 3 is 2.40 bits per heavy atom. The molecule has 0 saturated heterocycles. The van der Waals surface area contributed by atoms with Crippen molar-refractivity contribution in [2.45, 2.75) is 26.3 Å². The van der Waals surface area contributed by atoms with Gasteiger partial charge in [-0.25, -0.2) is 14.0 Å². The molecule has 0 radical (unpaired) electrons. The minimum Gasteiger partial charge on any atom is -0.462 e. The minimum atomic E-state index is -0.452. The van der Waals surface area contributed by atoms with Crippen molar-refractivity contribution in [3.63, 3.8) is 0 Å². The molecule has 43 heavy (non-hydrogen) atoms. The number of aromatic nitrogens is 1. The molecule has 10 heteroatoms. The van der Waals surface area contributed by atoms with E-state index in [9.17, 15) is 18.8 Å². The van der Waals surface area contributed by atoms with E-state index in [2.05, 4.69) is 10.3 Å². The molecule has 0 atom stereocenters. The van der Waals surface area contributed by atoms with Gasteiger partial charge in [0.1, 0.15) is 12.4 Å². The fraction of sp³-hybridized carbons (Fsp3) is 0.303. The molecule has 4 rings (SSSR count). The summed E-state index contributed by atoms with van der Waals surface area (Å²) in [5.41, 5.74) is 3.73. The molecular weight excluding hydrogens is 551 g/mol. The number of nitrogens with one attached hydrogen (secondary N) is 2. The summed E-state index contributed by atoms with van der Waals surface area (Å²) in [6.45, 7) is 3.22. The van der Waals surface area contributed by atoms with Crippen molar-refractivity contribution in [1.82, 2.24) is 14.8 Å². The van der Waals surface area contributed by atoms with E-state index in [-0.39, 0.29) is 31.4 Å². The first kappa shape index (κ1) is 31.2. The number of anilines is 1. The Bertz CT molecular complexity index is 1500. The van der Waals surface area contributed by atoms with Gasteiger partial charge in [0.15, 0.2) is 0 Å². The number of aromatic amines is 1. The number of nitrogens with zero attached hydrogens (tertiary/aromatic N) is 2. The van der Waals surface area contributed by atoms with Gasteiger partial charge in [-0.1, -0.05) is 30.3 Å². The number of fused-ring (bicyclic) bond motifs is 1. The number of hydrogen-bond acceptors (Lipinski definition) is 5. The lowest BCUT2D eigenvalue weighted by atomic mass is 10.1. The number of esters is 1. The maximum absolute atomic E-state index is 13.8. The van der Waals surface area contributed by atoms with Crippen LogP contribution in [0.25, 0.3) is 10.9 Å². The van der Waals surface area contributed by atoms with Crippen molar-refractivity contribution >= 4 is 34.5 Å². The summed E-state index contributed by atoms with van der Waals surface area (Å²) in [4.78, 5) is 45.5. The fourth-order valence-corrected chi connectivity index (χ4v) is 4.72. The molecule has 1 heterocycles. The van der Waals surface area contributed by atoms with Gasteiger partial charge in [0, 0.05) is 56.1 Å². The van der Waals surface area contributed by atoms with Gasteiger partial charge in [0.2, 0.25) is 5.91 Å². The molecule has 3 amide bonds. The summed E-state index contributed by atoms with van der Waals surface area (Å²) < 4.78 is 23.8. The van der Waals surface area contributed by atoms with Gasteiger partial charge >= 0.3 is 12.0 Å². The smallest absolute Gasteiger partial charge is 0.338 e. The molecule has 9 nitrogen and oxygen atoms in total. The highest BCUT2D eigenvalue weighted by Crippen LogP contribution is 2.19. The summed E-state index contributed by atoms with van der Waals surface area (Å²) in [6.07, 6.45) is 3.08. The van der Waals surface area contributed by atoms with E-state index >= 15 is 0 Å². The quantitative estimate of drug-likeness (QED) is 0.147.